The van der Waals surface area contributed by atoms with Crippen LogP contribution in [0.5, 0.6) is 0 Å². The quantitative estimate of drug-likeness (QED) is 0.221. The number of hydrogen-bond acceptors (Lipinski definition) is 2. The average molecular weight is 232 g/mol. The van der Waals surface area contributed by atoms with Crippen LogP contribution >= 0.6 is 0 Å². The first-order valence-corrected chi connectivity index (χ1v) is 5.48. The van der Waals surface area contributed by atoms with Crippen LogP contribution in [0.4, 0.5) is 0 Å². The van der Waals surface area contributed by atoms with Crippen molar-refractivity contribution in [2.75, 3.05) is 0 Å². The monoisotopic (exact) mass is 232 g/mol. The molecule has 0 aliphatic heterocycles. The Kier molecular flexibility index (Phi) is 19.5. The van der Waals surface area contributed by atoms with Gasteiger partial charge >= 0.3 is 40.0 Å². The molecule has 14 heavy (non-hydrogen) atoms. The molecule has 0 amide bonds. The van der Waals surface area contributed by atoms with Crippen LogP contribution in [0.2, 0.25) is 0 Å². The van der Waals surface area contributed by atoms with E-state index in [0.717, 1.165) is 12.8 Å². The number of unbranched alkanes of at least 4 members (excludes halogenated alkanes) is 2. The maximum Gasteiger partial charge on any atom is 1.00 e. The van der Waals surface area contributed by atoms with Crippen LogP contribution in [0.25, 0.3) is 0 Å². The Morgan fingerprint density at radius 2 is 1.64 bits per heavy atom. The standard InChI is InChI=1S/C8H15.Na.H2O4S/c1-3-5-7-8-6-4-2;;1-5(2,3)4/h5-7H,3-4,8H2,1-2H3;;(H2,1,2,3,4)/q-1;+1;. The van der Waals surface area contributed by atoms with Gasteiger partial charge in [0.15, 0.2) is 0 Å². The van der Waals surface area contributed by atoms with Gasteiger partial charge in [0, 0.05) is 0 Å². The molecule has 2 N–H and O–H groups in total. The zero-order valence-electron chi connectivity index (χ0n) is 8.97. The van der Waals surface area contributed by atoms with E-state index in [1.54, 1.807) is 0 Å². The molecule has 0 aliphatic rings. The molecule has 0 aromatic carbocycles. The molecule has 0 bridgehead atoms. The van der Waals surface area contributed by atoms with E-state index in [4.69, 9.17) is 17.5 Å². The molecule has 0 saturated carbocycles. The Balaban J connectivity index is -0.000000177. The summed E-state index contributed by atoms with van der Waals surface area (Å²) in [5.41, 5.74) is 0. The summed E-state index contributed by atoms with van der Waals surface area (Å²) in [6.45, 7) is 4.32. The maximum atomic E-state index is 8.74. The third-order valence-electron chi connectivity index (χ3n) is 0.994. The first-order valence-electron chi connectivity index (χ1n) is 4.08. The van der Waals surface area contributed by atoms with E-state index < -0.39 is 10.4 Å². The van der Waals surface area contributed by atoms with Gasteiger partial charge in [-0.1, -0.05) is 19.9 Å². The summed E-state index contributed by atoms with van der Waals surface area (Å²) in [5.74, 6) is 0. The number of hydrogen-bond donors (Lipinski definition) is 2. The fraction of sp³-hybridized carbons (Fsp3) is 0.625. The Hall–Kier alpha value is 0.610. The second-order valence-corrected chi connectivity index (χ2v) is 3.16. The van der Waals surface area contributed by atoms with Crippen molar-refractivity contribution in [3.05, 3.63) is 18.6 Å². The molecule has 0 atom stereocenters. The number of rotatable bonds is 4. The molecule has 0 rings (SSSR count). The molecule has 6 heteroatoms. The smallest absolute Gasteiger partial charge is 0.325 e. The van der Waals surface area contributed by atoms with Gasteiger partial charge in [-0.15, -0.1) is 6.08 Å². The summed E-state index contributed by atoms with van der Waals surface area (Å²) in [6.07, 6.45) is 10.2. The van der Waals surface area contributed by atoms with Crippen LogP contribution in [0.3, 0.4) is 0 Å². The van der Waals surface area contributed by atoms with E-state index in [9.17, 15) is 0 Å². The zero-order valence-corrected chi connectivity index (χ0v) is 11.8. The molecule has 0 unspecified atom stereocenters. The van der Waals surface area contributed by atoms with E-state index in [-0.39, 0.29) is 29.6 Å². The third-order valence-corrected chi connectivity index (χ3v) is 0.994. The minimum Gasteiger partial charge on any atom is -0.325 e. The van der Waals surface area contributed by atoms with Crippen molar-refractivity contribution in [3.8, 4) is 0 Å². The summed E-state index contributed by atoms with van der Waals surface area (Å²) in [6, 6.07) is 0. The van der Waals surface area contributed by atoms with Gasteiger partial charge in [0.1, 0.15) is 0 Å². The zero-order chi connectivity index (χ0) is 10.7. The molecule has 0 radical (unpaired) electrons. The maximum absolute atomic E-state index is 8.74. The summed E-state index contributed by atoms with van der Waals surface area (Å²) >= 11 is 0. The van der Waals surface area contributed by atoms with Crippen LogP contribution in [0.1, 0.15) is 33.1 Å². The molecule has 0 spiro atoms. The predicted octanol–water partition coefficient (Wildman–Crippen LogP) is -0.692. The predicted molar refractivity (Wildman–Crippen MR) is 52.8 cm³/mol. The Morgan fingerprint density at radius 1 is 1.21 bits per heavy atom. The van der Waals surface area contributed by atoms with E-state index >= 15 is 0 Å². The van der Waals surface area contributed by atoms with Crippen LogP contribution in [0.15, 0.2) is 12.2 Å². The molecule has 0 aromatic rings. The van der Waals surface area contributed by atoms with Gasteiger partial charge in [0.05, 0.1) is 0 Å². The van der Waals surface area contributed by atoms with Gasteiger partial charge in [-0.2, -0.15) is 21.3 Å². The van der Waals surface area contributed by atoms with Crippen LogP contribution in [-0.2, 0) is 10.4 Å². The largest absolute Gasteiger partial charge is 1.00 e. The first-order chi connectivity index (χ1) is 5.91. The minimum absolute atomic E-state index is 0. The average Bonchev–Trinajstić information content (AvgIpc) is 1.95. The second kappa shape index (κ2) is 13.6. The van der Waals surface area contributed by atoms with Crippen molar-refractivity contribution in [2.24, 2.45) is 0 Å². The summed E-state index contributed by atoms with van der Waals surface area (Å²) in [7, 11) is -4.67. The molecule has 0 aliphatic carbocycles. The molecule has 0 fully saturated rings. The van der Waals surface area contributed by atoms with Crippen molar-refractivity contribution in [1.82, 2.24) is 0 Å². The molecular weight excluding hydrogens is 215 g/mol. The minimum atomic E-state index is -4.67. The second-order valence-electron chi connectivity index (χ2n) is 2.26. The van der Waals surface area contributed by atoms with E-state index in [1.165, 1.54) is 6.42 Å². The Labute approximate surface area is 109 Å². The summed E-state index contributed by atoms with van der Waals surface area (Å²) in [4.78, 5) is 0. The van der Waals surface area contributed by atoms with Gasteiger partial charge in [-0.25, -0.2) is 0 Å². The first kappa shape index (κ1) is 20.1. The van der Waals surface area contributed by atoms with Crippen LogP contribution in [-0.4, -0.2) is 17.5 Å². The molecule has 80 valence electrons. The van der Waals surface area contributed by atoms with Crippen LogP contribution in [0, 0.1) is 6.42 Å². The fourth-order valence-corrected chi connectivity index (χ4v) is 0.526. The third kappa shape index (κ3) is 54.0. The van der Waals surface area contributed by atoms with E-state index in [2.05, 4.69) is 32.4 Å². The van der Waals surface area contributed by atoms with Crippen LogP contribution < -0.4 is 29.6 Å². The number of allylic oxidation sites excluding steroid dienone is 2. The summed E-state index contributed by atoms with van der Waals surface area (Å²) in [5, 5.41) is 0. The van der Waals surface area contributed by atoms with Crippen molar-refractivity contribution in [3.63, 3.8) is 0 Å². The summed E-state index contributed by atoms with van der Waals surface area (Å²) < 4.78 is 31.6. The fourth-order valence-electron chi connectivity index (χ4n) is 0.526. The van der Waals surface area contributed by atoms with Crippen molar-refractivity contribution >= 4 is 10.4 Å². The molecule has 0 heterocycles. The van der Waals surface area contributed by atoms with E-state index in [0.29, 0.717) is 0 Å². The van der Waals surface area contributed by atoms with Crippen molar-refractivity contribution in [2.45, 2.75) is 33.1 Å². The van der Waals surface area contributed by atoms with Gasteiger partial charge < -0.3 is 6.42 Å². The van der Waals surface area contributed by atoms with Gasteiger partial charge in [-0.3, -0.25) is 9.11 Å². The van der Waals surface area contributed by atoms with E-state index in [1.807, 2.05) is 0 Å². The molecule has 0 aromatic heterocycles. The molecular formula is C8H17NaO4S. The van der Waals surface area contributed by atoms with Gasteiger partial charge in [0.25, 0.3) is 0 Å². The van der Waals surface area contributed by atoms with Crippen molar-refractivity contribution in [1.29, 1.82) is 0 Å². The Bertz CT molecular complexity index is 203. The SMILES string of the molecule is CCC=CC[CH-]CC.O=S(=O)(O)O.[Na+]. The van der Waals surface area contributed by atoms with Gasteiger partial charge in [-0.05, 0) is 6.42 Å². The topological polar surface area (TPSA) is 74.6 Å². The normalized spacial score (nSPS) is 10.3. The molecule has 0 saturated heterocycles. The van der Waals surface area contributed by atoms with Gasteiger partial charge in [0.2, 0.25) is 0 Å². The molecule has 4 nitrogen and oxygen atoms in total. The Morgan fingerprint density at radius 3 is 1.93 bits per heavy atom. The van der Waals surface area contributed by atoms with Crippen molar-refractivity contribution < 1.29 is 47.1 Å².